The molecule has 0 aromatic carbocycles. The lowest BCUT2D eigenvalue weighted by molar-refractivity contribution is 0.488. The van der Waals surface area contributed by atoms with Crippen LogP contribution in [0.25, 0.3) is 0 Å². The summed E-state index contributed by atoms with van der Waals surface area (Å²) in [7, 11) is -6.09. The van der Waals surface area contributed by atoms with Gasteiger partial charge in [-0.15, -0.1) is 0 Å². The quantitative estimate of drug-likeness (QED) is 0.669. The van der Waals surface area contributed by atoms with Crippen molar-refractivity contribution < 1.29 is 16.8 Å². The Morgan fingerprint density at radius 3 is 2.43 bits per heavy atom. The van der Waals surface area contributed by atoms with E-state index in [0.717, 1.165) is 6.26 Å². The third-order valence-corrected chi connectivity index (χ3v) is 5.15. The van der Waals surface area contributed by atoms with Crippen molar-refractivity contribution in [3.63, 3.8) is 0 Å². The van der Waals surface area contributed by atoms with Crippen molar-refractivity contribution in [3.8, 4) is 0 Å². The summed E-state index contributed by atoms with van der Waals surface area (Å²) in [5, 5.41) is 0. The van der Waals surface area contributed by atoms with E-state index in [4.69, 9.17) is 5.73 Å². The summed E-state index contributed by atoms with van der Waals surface area (Å²) in [5.41, 5.74) is 5.64. The smallest absolute Gasteiger partial charge is 0.150 e. The molecule has 0 spiro atoms. The van der Waals surface area contributed by atoms with Gasteiger partial charge in [0.25, 0.3) is 0 Å². The highest BCUT2D eigenvalue weighted by molar-refractivity contribution is 7.91. The molecule has 0 amide bonds. The van der Waals surface area contributed by atoms with Crippen LogP contribution in [0, 0.1) is 5.92 Å². The fraction of sp³-hybridized carbons (Fsp3) is 1.00. The minimum Gasteiger partial charge on any atom is -0.326 e. The third kappa shape index (κ3) is 3.55. The van der Waals surface area contributed by atoms with Crippen LogP contribution in [-0.2, 0) is 19.7 Å². The number of hydrogen-bond acceptors (Lipinski definition) is 5. The molecule has 7 heteroatoms. The minimum absolute atomic E-state index is 0.0314. The Kier molecular flexibility index (Phi) is 3.23. The topological polar surface area (TPSA) is 94.3 Å². The highest BCUT2D eigenvalue weighted by Gasteiger charge is 2.33. The van der Waals surface area contributed by atoms with Crippen LogP contribution in [0.1, 0.15) is 6.42 Å². The molecule has 0 saturated carbocycles. The standard InChI is InChI=1S/C7H15NO4S2/c1-13(9,10)5-7(8)6-2-3-14(11,12)4-6/h6-7H,2-5,8H2,1H3. The van der Waals surface area contributed by atoms with E-state index in [1.165, 1.54) is 0 Å². The van der Waals surface area contributed by atoms with Crippen LogP contribution >= 0.6 is 0 Å². The first-order valence-electron chi connectivity index (χ1n) is 4.33. The number of nitrogens with two attached hydrogens (primary N) is 1. The first-order chi connectivity index (χ1) is 6.20. The van der Waals surface area contributed by atoms with Gasteiger partial charge in [0.2, 0.25) is 0 Å². The molecule has 14 heavy (non-hydrogen) atoms. The Hall–Kier alpha value is -0.140. The largest absolute Gasteiger partial charge is 0.326 e. The zero-order valence-electron chi connectivity index (χ0n) is 8.01. The molecule has 1 rings (SSSR count). The van der Waals surface area contributed by atoms with Crippen LogP contribution in [0.15, 0.2) is 0 Å². The Labute approximate surface area is 84.5 Å². The molecule has 0 aromatic rings. The molecule has 84 valence electrons. The van der Waals surface area contributed by atoms with E-state index in [0.29, 0.717) is 6.42 Å². The van der Waals surface area contributed by atoms with Gasteiger partial charge >= 0.3 is 0 Å². The normalized spacial score (nSPS) is 28.9. The fourth-order valence-corrected chi connectivity index (χ4v) is 4.51. The first kappa shape index (κ1) is 11.9. The zero-order valence-corrected chi connectivity index (χ0v) is 9.64. The predicted octanol–water partition coefficient (Wildman–Crippen LogP) is -1.21. The van der Waals surface area contributed by atoms with Gasteiger partial charge in [0.05, 0.1) is 17.3 Å². The van der Waals surface area contributed by atoms with E-state index in [-0.39, 0.29) is 23.2 Å². The van der Waals surface area contributed by atoms with Crippen molar-refractivity contribution in [1.29, 1.82) is 0 Å². The van der Waals surface area contributed by atoms with Crippen LogP contribution < -0.4 is 5.73 Å². The summed E-state index contributed by atoms with van der Waals surface area (Å²) in [5.74, 6) is -0.166. The van der Waals surface area contributed by atoms with Gasteiger partial charge in [-0.2, -0.15) is 0 Å². The van der Waals surface area contributed by atoms with Crippen LogP contribution in [0.4, 0.5) is 0 Å². The van der Waals surface area contributed by atoms with Gasteiger partial charge in [-0.1, -0.05) is 0 Å². The number of hydrogen-bond donors (Lipinski definition) is 1. The molecule has 0 radical (unpaired) electrons. The van der Waals surface area contributed by atoms with Gasteiger partial charge in [0.1, 0.15) is 9.84 Å². The summed E-state index contributed by atoms with van der Waals surface area (Å²) in [6, 6.07) is -0.553. The van der Waals surface area contributed by atoms with E-state index in [1.807, 2.05) is 0 Å². The van der Waals surface area contributed by atoms with Crippen LogP contribution in [0.2, 0.25) is 0 Å². The van der Waals surface area contributed by atoms with Gasteiger partial charge in [0.15, 0.2) is 9.84 Å². The fourth-order valence-electron chi connectivity index (χ4n) is 1.65. The summed E-state index contributed by atoms with van der Waals surface area (Å²) in [6.45, 7) is 0. The lowest BCUT2D eigenvalue weighted by Crippen LogP contribution is -2.37. The lowest BCUT2D eigenvalue weighted by atomic mass is 10.0. The molecule has 0 aliphatic carbocycles. The Bertz CT molecular complexity index is 397. The second kappa shape index (κ2) is 3.79. The second-order valence-corrected chi connectivity index (χ2v) is 8.33. The molecule has 0 aromatic heterocycles. The molecule has 1 aliphatic rings. The zero-order chi connectivity index (χ0) is 11.0. The van der Waals surface area contributed by atoms with E-state index in [9.17, 15) is 16.8 Å². The molecular weight excluding hydrogens is 226 g/mol. The van der Waals surface area contributed by atoms with Crippen molar-refractivity contribution in [2.24, 2.45) is 11.7 Å². The van der Waals surface area contributed by atoms with Crippen molar-refractivity contribution in [2.45, 2.75) is 12.5 Å². The number of rotatable bonds is 3. The maximum atomic E-state index is 11.1. The molecule has 0 bridgehead atoms. The van der Waals surface area contributed by atoms with Gasteiger partial charge in [-0.25, -0.2) is 16.8 Å². The maximum Gasteiger partial charge on any atom is 0.150 e. The van der Waals surface area contributed by atoms with Crippen molar-refractivity contribution in [1.82, 2.24) is 0 Å². The van der Waals surface area contributed by atoms with Gasteiger partial charge in [0, 0.05) is 12.3 Å². The average Bonchev–Trinajstić information content (AvgIpc) is 2.26. The predicted molar refractivity (Wildman–Crippen MR) is 54.4 cm³/mol. The number of sulfone groups is 2. The lowest BCUT2D eigenvalue weighted by Gasteiger charge is -2.15. The minimum atomic E-state index is -3.12. The third-order valence-electron chi connectivity index (χ3n) is 2.37. The highest BCUT2D eigenvalue weighted by Crippen LogP contribution is 2.21. The monoisotopic (exact) mass is 241 g/mol. The van der Waals surface area contributed by atoms with E-state index in [2.05, 4.69) is 0 Å². The van der Waals surface area contributed by atoms with Gasteiger partial charge in [-0.05, 0) is 12.3 Å². The summed E-state index contributed by atoms with van der Waals surface area (Å²) >= 11 is 0. The van der Waals surface area contributed by atoms with Crippen molar-refractivity contribution >= 4 is 19.7 Å². The summed E-state index contributed by atoms with van der Waals surface area (Å²) < 4.78 is 44.1. The van der Waals surface area contributed by atoms with Crippen LogP contribution in [0.3, 0.4) is 0 Å². The molecule has 1 saturated heterocycles. The molecule has 2 N–H and O–H groups in total. The summed E-state index contributed by atoms with van der Waals surface area (Å²) in [6.07, 6.45) is 1.59. The first-order valence-corrected chi connectivity index (χ1v) is 8.21. The van der Waals surface area contributed by atoms with Crippen LogP contribution in [0.5, 0.6) is 0 Å². The Morgan fingerprint density at radius 1 is 1.50 bits per heavy atom. The molecule has 1 fully saturated rings. The van der Waals surface area contributed by atoms with Crippen LogP contribution in [-0.4, -0.2) is 46.4 Å². The SMILES string of the molecule is CS(=O)(=O)CC(N)C1CCS(=O)(=O)C1. The average molecular weight is 241 g/mol. The molecule has 5 nitrogen and oxygen atoms in total. The van der Waals surface area contributed by atoms with E-state index < -0.39 is 25.7 Å². The maximum absolute atomic E-state index is 11.1. The Morgan fingerprint density at radius 2 is 2.07 bits per heavy atom. The Balaban J connectivity index is 2.61. The van der Waals surface area contributed by atoms with E-state index >= 15 is 0 Å². The summed E-state index contributed by atoms with van der Waals surface area (Å²) in [4.78, 5) is 0. The van der Waals surface area contributed by atoms with Gasteiger partial charge in [-0.3, -0.25) is 0 Å². The molecule has 1 aliphatic heterocycles. The second-order valence-electron chi connectivity index (χ2n) is 3.92. The van der Waals surface area contributed by atoms with E-state index in [1.54, 1.807) is 0 Å². The molecular formula is C7H15NO4S2. The van der Waals surface area contributed by atoms with Gasteiger partial charge < -0.3 is 5.73 Å². The highest BCUT2D eigenvalue weighted by atomic mass is 32.2. The van der Waals surface area contributed by atoms with Crippen molar-refractivity contribution in [3.05, 3.63) is 0 Å². The van der Waals surface area contributed by atoms with Crippen molar-refractivity contribution in [2.75, 3.05) is 23.5 Å². The molecule has 2 atom stereocenters. The molecule has 1 heterocycles. The molecule has 2 unspecified atom stereocenters.